The van der Waals surface area contributed by atoms with Crippen LogP contribution in [0, 0.1) is 0 Å². The summed E-state index contributed by atoms with van der Waals surface area (Å²) in [6.45, 7) is 0.0831. The van der Waals surface area contributed by atoms with Crippen LogP contribution in [0.15, 0.2) is 65.8 Å². The summed E-state index contributed by atoms with van der Waals surface area (Å²) in [7, 11) is 1.47. The van der Waals surface area contributed by atoms with Crippen LogP contribution in [0.25, 0.3) is 10.8 Å². The number of hydrogen-bond donors (Lipinski definition) is 3. The van der Waals surface area contributed by atoms with E-state index in [2.05, 4.69) is 15.8 Å². The fraction of sp³-hybridized carbons (Fsp3) is 0.100. The van der Waals surface area contributed by atoms with Crippen molar-refractivity contribution < 1.29 is 14.6 Å². The molecule has 26 heavy (non-hydrogen) atoms. The van der Waals surface area contributed by atoms with Gasteiger partial charge in [0.25, 0.3) is 5.91 Å². The molecule has 0 aromatic heterocycles. The van der Waals surface area contributed by atoms with Crippen molar-refractivity contribution in [3.63, 3.8) is 0 Å². The molecule has 3 aromatic carbocycles. The van der Waals surface area contributed by atoms with Crippen LogP contribution in [-0.4, -0.2) is 30.9 Å². The number of aromatic hydroxyl groups is 1. The van der Waals surface area contributed by atoms with Crippen molar-refractivity contribution in [3.05, 3.63) is 66.2 Å². The molecular formula is C20H19N3O3. The van der Waals surface area contributed by atoms with Gasteiger partial charge in [-0.15, -0.1) is 0 Å². The summed E-state index contributed by atoms with van der Waals surface area (Å²) in [5.74, 6) is 0.0253. The number of phenolic OH excluding ortho intramolecular Hbond substituents is 1. The molecule has 3 N–H and O–H groups in total. The Morgan fingerprint density at radius 1 is 1.12 bits per heavy atom. The van der Waals surface area contributed by atoms with Gasteiger partial charge in [0.15, 0.2) is 11.5 Å². The molecule has 1 amide bonds. The number of rotatable bonds is 6. The Morgan fingerprint density at radius 2 is 1.92 bits per heavy atom. The van der Waals surface area contributed by atoms with Crippen molar-refractivity contribution in [3.8, 4) is 11.5 Å². The minimum atomic E-state index is -0.295. The Hall–Kier alpha value is -3.54. The molecule has 3 aromatic rings. The number of carbonyl (C=O) groups excluding carboxylic acids is 1. The van der Waals surface area contributed by atoms with E-state index in [0.717, 1.165) is 16.5 Å². The van der Waals surface area contributed by atoms with Crippen LogP contribution in [-0.2, 0) is 4.79 Å². The van der Waals surface area contributed by atoms with Gasteiger partial charge in [0.05, 0.1) is 19.9 Å². The maximum Gasteiger partial charge on any atom is 0.259 e. The minimum Gasteiger partial charge on any atom is -0.504 e. The largest absolute Gasteiger partial charge is 0.504 e. The number of amides is 1. The zero-order valence-electron chi connectivity index (χ0n) is 14.3. The van der Waals surface area contributed by atoms with Crippen LogP contribution in [0.4, 0.5) is 5.69 Å². The normalized spacial score (nSPS) is 10.8. The van der Waals surface area contributed by atoms with Gasteiger partial charge in [-0.3, -0.25) is 4.79 Å². The van der Waals surface area contributed by atoms with Crippen LogP contribution in [0.1, 0.15) is 5.56 Å². The quantitative estimate of drug-likeness (QED) is 0.472. The lowest BCUT2D eigenvalue weighted by Crippen LogP contribution is -2.25. The zero-order valence-corrected chi connectivity index (χ0v) is 14.3. The first-order chi connectivity index (χ1) is 12.7. The molecule has 0 unspecified atom stereocenters. The first kappa shape index (κ1) is 17.3. The summed E-state index contributed by atoms with van der Waals surface area (Å²) in [6, 6.07) is 19.0. The monoisotopic (exact) mass is 349 g/mol. The van der Waals surface area contributed by atoms with E-state index in [4.69, 9.17) is 4.74 Å². The lowest BCUT2D eigenvalue weighted by molar-refractivity contribution is -0.119. The third-order valence-corrected chi connectivity index (χ3v) is 3.85. The second-order valence-electron chi connectivity index (χ2n) is 5.61. The highest BCUT2D eigenvalue weighted by atomic mass is 16.5. The van der Waals surface area contributed by atoms with E-state index >= 15 is 0 Å². The van der Waals surface area contributed by atoms with E-state index < -0.39 is 0 Å². The number of methoxy groups -OCH3 is 1. The van der Waals surface area contributed by atoms with Gasteiger partial charge >= 0.3 is 0 Å². The Labute approximate surface area is 151 Å². The van der Waals surface area contributed by atoms with Gasteiger partial charge in [-0.1, -0.05) is 36.4 Å². The second-order valence-corrected chi connectivity index (χ2v) is 5.61. The number of ether oxygens (including phenoxy) is 1. The highest BCUT2D eigenvalue weighted by Crippen LogP contribution is 2.27. The molecule has 0 aliphatic heterocycles. The van der Waals surface area contributed by atoms with E-state index in [1.54, 1.807) is 18.2 Å². The first-order valence-electron chi connectivity index (χ1n) is 8.08. The van der Waals surface area contributed by atoms with E-state index in [9.17, 15) is 9.90 Å². The fourth-order valence-electron chi connectivity index (χ4n) is 2.50. The number of nitrogens with one attached hydrogen (secondary N) is 2. The highest BCUT2D eigenvalue weighted by Gasteiger charge is 2.05. The van der Waals surface area contributed by atoms with E-state index in [0.29, 0.717) is 11.3 Å². The number of para-hydroxylation sites is 1. The summed E-state index contributed by atoms with van der Waals surface area (Å²) < 4.78 is 5.02. The Kier molecular flexibility index (Phi) is 5.34. The van der Waals surface area contributed by atoms with Crippen molar-refractivity contribution in [1.82, 2.24) is 5.43 Å². The summed E-state index contributed by atoms with van der Waals surface area (Å²) in [5, 5.41) is 19.1. The molecule has 6 heteroatoms. The van der Waals surface area contributed by atoms with Gasteiger partial charge in [0.1, 0.15) is 0 Å². The first-order valence-corrected chi connectivity index (χ1v) is 8.08. The second kappa shape index (κ2) is 8.02. The number of hydrazone groups is 1. The molecule has 0 atom stereocenters. The number of anilines is 1. The lowest BCUT2D eigenvalue weighted by atomic mass is 10.1. The number of hydrogen-bond acceptors (Lipinski definition) is 5. The molecule has 0 heterocycles. The van der Waals surface area contributed by atoms with E-state index in [1.807, 2.05) is 42.5 Å². The summed E-state index contributed by atoms with van der Waals surface area (Å²) >= 11 is 0. The number of nitrogens with zero attached hydrogens (tertiary/aromatic N) is 1. The molecule has 132 valence electrons. The molecule has 0 bridgehead atoms. The SMILES string of the molecule is COc1cccc(/C=N/NC(=O)CNc2ccc3ccccc3c2)c1O. The van der Waals surface area contributed by atoms with Gasteiger partial charge in [-0.05, 0) is 35.0 Å². The molecular weight excluding hydrogens is 330 g/mol. The van der Waals surface area contributed by atoms with Gasteiger partial charge in [0.2, 0.25) is 0 Å². The molecule has 6 nitrogen and oxygen atoms in total. The van der Waals surface area contributed by atoms with Gasteiger partial charge in [0, 0.05) is 11.3 Å². The van der Waals surface area contributed by atoms with Crippen LogP contribution in [0.3, 0.4) is 0 Å². The number of benzene rings is 3. The number of phenols is 1. The Bertz CT molecular complexity index is 954. The predicted octanol–water partition coefficient (Wildman–Crippen LogP) is 3.12. The fourth-order valence-corrected chi connectivity index (χ4v) is 2.50. The average molecular weight is 349 g/mol. The molecule has 0 aliphatic carbocycles. The highest BCUT2D eigenvalue weighted by molar-refractivity contribution is 5.88. The third kappa shape index (κ3) is 4.10. The topological polar surface area (TPSA) is 83.0 Å². The van der Waals surface area contributed by atoms with E-state index in [-0.39, 0.29) is 18.2 Å². The Balaban J connectivity index is 1.55. The van der Waals surface area contributed by atoms with Crippen LogP contribution < -0.4 is 15.5 Å². The molecule has 0 fully saturated rings. The number of carbonyl (C=O) groups is 1. The third-order valence-electron chi connectivity index (χ3n) is 3.85. The Morgan fingerprint density at radius 3 is 2.73 bits per heavy atom. The van der Waals surface area contributed by atoms with Crippen LogP contribution in [0.5, 0.6) is 11.5 Å². The van der Waals surface area contributed by atoms with Crippen molar-refractivity contribution in [2.45, 2.75) is 0 Å². The minimum absolute atomic E-state index is 0.0257. The van der Waals surface area contributed by atoms with Crippen molar-refractivity contribution >= 4 is 28.6 Å². The van der Waals surface area contributed by atoms with Gasteiger partial charge in [-0.25, -0.2) is 5.43 Å². The maximum atomic E-state index is 11.9. The molecule has 0 aliphatic rings. The molecule has 0 saturated carbocycles. The number of fused-ring (bicyclic) bond motifs is 1. The zero-order chi connectivity index (χ0) is 18.4. The van der Waals surface area contributed by atoms with Crippen molar-refractivity contribution in [2.24, 2.45) is 5.10 Å². The average Bonchev–Trinajstić information content (AvgIpc) is 2.67. The lowest BCUT2D eigenvalue weighted by Gasteiger charge is -2.07. The molecule has 0 radical (unpaired) electrons. The van der Waals surface area contributed by atoms with Crippen LogP contribution >= 0.6 is 0 Å². The summed E-state index contributed by atoms with van der Waals surface area (Å²) in [5.41, 5.74) is 3.73. The van der Waals surface area contributed by atoms with Gasteiger partial charge < -0.3 is 15.2 Å². The predicted molar refractivity (Wildman–Crippen MR) is 103 cm³/mol. The standard InChI is InChI=1S/C20H19N3O3/c1-26-18-8-4-7-16(20(18)25)12-22-23-19(24)13-21-17-10-9-14-5-2-3-6-15(14)11-17/h2-12,21,25H,13H2,1H3,(H,23,24)/b22-12+. The molecule has 3 rings (SSSR count). The molecule has 0 saturated heterocycles. The van der Waals surface area contributed by atoms with E-state index in [1.165, 1.54) is 13.3 Å². The molecule has 0 spiro atoms. The summed E-state index contributed by atoms with van der Waals surface area (Å²) in [4.78, 5) is 11.9. The van der Waals surface area contributed by atoms with Crippen molar-refractivity contribution in [2.75, 3.05) is 19.0 Å². The summed E-state index contributed by atoms with van der Waals surface area (Å²) in [6.07, 6.45) is 1.37. The van der Waals surface area contributed by atoms with Crippen LogP contribution in [0.2, 0.25) is 0 Å². The van der Waals surface area contributed by atoms with Gasteiger partial charge in [-0.2, -0.15) is 5.10 Å². The maximum absolute atomic E-state index is 11.9. The smallest absolute Gasteiger partial charge is 0.259 e. The van der Waals surface area contributed by atoms with Crippen molar-refractivity contribution in [1.29, 1.82) is 0 Å².